The van der Waals surface area contributed by atoms with Gasteiger partial charge in [-0.3, -0.25) is 9.59 Å². The van der Waals surface area contributed by atoms with E-state index in [0.717, 1.165) is 30.4 Å². The Labute approximate surface area is 175 Å². The van der Waals surface area contributed by atoms with Crippen LogP contribution in [0.4, 0.5) is 0 Å². The SMILES string of the molecule is CC(=O)[C@H](C1CC1)N1C(=O)CC[C@H](c2cccc(Cl)c2)[C@H]1c1ccc(Cl)cc1. The first-order valence-electron chi connectivity index (χ1n) is 9.78. The van der Waals surface area contributed by atoms with E-state index in [4.69, 9.17) is 23.2 Å². The van der Waals surface area contributed by atoms with E-state index in [2.05, 4.69) is 6.07 Å². The molecule has 0 unspecified atom stereocenters. The molecule has 0 radical (unpaired) electrons. The molecule has 0 spiro atoms. The Hall–Kier alpha value is -1.84. The third-order valence-electron chi connectivity index (χ3n) is 5.91. The van der Waals surface area contributed by atoms with Crippen LogP contribution in [0, 0.1) is 5.92 Å². The second kappa shape index (κ2) is 7.88. The van der Waals surface area contributed by atoms with E-state index in [9.17, 15) is 9.59 Å². The van der Waals surface area contributed by atoms with E-state index in [0.29, 0.717) is 16.5 Å². The Morgan fingerprint density at radius 1 is 1.00 bits per heavy atom. The molecule has 0 bridgehead atoms. The molecule has 0 aromatic heterocycles. The van der Waals surface area contributed by atoms with Gasteiger partial charge in [0.1, 0.15) is 0 Å². The highest BCUT2D eigenvalue weighted by Crippen LogP contribution is 2.48. The molecule has 0 N–H and O–H groups in total. The van der Waals surface area contributed by atoms with Crippen LogP contribution in [0.25, 0.3) is 0 Å². The number of benzene rings is 2. The van der Waals surface area contributed by atoms with Crippen molar-refractivity contribution in [2.75, 3.05) is 0 Å². The molecule has 3 nitrogen and oxygen atoms in total. The van der Waals surface area contributed by atoms with Gasteiger partial charge in [-0.25, -0.2) is 0 Å². The van der Waals surface area contributed by atoms with Crippen LogP contribution in [-0.2, 0) is 9.59 Å². The van der Waals surface area contributed by atoms with E-state index >= 15 is 0 Å². The fraction of sp³-hybridized carbons (Fsp3) is 0.391. The van der Waals surface area contributed by atoms with E-state index < -0.39 is 0 Å². The molecule has 1 aliphatic carbocycles. The zero-order valence-electron chi connectivity index (χ0n) is 15.8. The van der Waals surface area contributed by atoms with Crippen LogP contribution in [0.2, 0.25) is 10.0 Å². The van der Waals surface area contributed by atoms with Crippen molar-refractivity contribution in [1.29, 1.82) is 0 Å². The van der Waals surface area contributed by atoms with Crippen molar-refractivity contribution in [3.63, 3.8) is 0 Å². The summed E-state index contributed by atoms with van der Waals surface area (Å²) in [6.07, 6.45) is 3.18. The summed E-state index contributed by atoms with van der Waals surface area (Å²) in [7, 11) is 0. The minimum atomic E-state index is -0.352. The summed E-state index contributed by atoms with van der Waals surface area (Å²) < 4.78 is 0. The summed E-state index contributed by atoms with van der Waals surface area (Å²) in [6, 6.07) is 14.9. The summed E-state index contributed by atoms with van der Waals surface area (Å²) in [5.41, 5.74) is 2.11. The third-order valence-corrected chi connectivity index (χ3v) is 6.40. The highest BCUT2D eigenvalue weighted by atomic mass is 35.5. The molecule has 1 saturated carbocycles. The van der Waals surface area contributed by atoms with Gasteiger partial charge in [0.15, 0.2) is 5.78 Å². The van der Waals surface area contributed by atoms with Gasteiger partial charge in [-0.1, -0.05) is 47.5 Å². The molecule has 4 rings (SSSR count). The molecule has 2 aromatic rings. The number of piperidine rings is 1. The van der Waals surface area contributed by atoms with Crippen LogP contribution >= 0.6 is 23.2 Å². The van der Waals surface area contributed by atoms with Crippen LogP contribution in [-0.4, -0.2) is 22.6 Å². The van der Waals surface area contributed by atoms with Crippen LogP contribution < -0.4 is 0 Å². The Bertz CT molecular complexity index is 892. The number of hydrogen-bond donors (Lipinski definition) is 0. The Morgan fingerprint density at radius 3 is 2.32 bits per heavy atom. The lowest BCUT2D eigenvalue weighted by atomic mass is 9.78. The molecule has 5 heteroatoms. The largest absolute Gasteiger partial charge is 0.325 e. The Balaban J connectivity index is 1.82. The maximum Gasteiger partial charge on any atom is 0.223 e. The predicted octanol–water partition coefficient (Wildman–Crippen LogP) is 5.81. The zero-order chi connectivity index (χ0) is 19.8. The van der Waals surface area contributed by atoms with Crippen molar-refractivity contribution in [3.8, 4) is 0 Å². The molecule has 1 amide bonds. The Kier molecular flexibility index (Phi) is 5.48. The summed E-state index contributed by atoms with van der Waals surface area (Å²) in [6.45, 7) is 1.61. The van der Waals surface area contributed by atoms with Gasteiger partial charge in [0, 0.05) is 22.4 Å². The average Bonchev–Trinajstić information content (AvgIpc) is 3.48. The van der Waals surface area contributed by atoms with E-state index in [1.165, 1.54) is 0 Å². The van der Waals surface area contributed by atoms with Crippen molar-refractivity contribution < 1.29 is 9.59 Å². The molecular weight excluding hydrogens is 393 g/mol. The molecule has 1 aliphatic heterocycles. The summed E-state index contributed by atoms with van der Waals surface area (Å²) in [5, 5.41) is 1.34. The fourth-order valence-electron chi connectivity index (χ4n) is 4.55. The first-order chi connectivity index (χ1) is 13.5. The number of amides is 1. The highest BCUT2D eigenvalue weighted by Gasteiger charge is 2.47. The van der Waals surface area contributed by atoms with Crippen molar-refractivity contribution in [1.82, 2.24) is 4.90 Å². The van der Waals surface area contributed by atoms with Gasteiger partial charge in [-0.05, 0) is 67.5 Å². The lowest BCUT2D eigenvalue weighted by Gasteiger charge is -2.45. The van der Waals surface area contributed by atoms with E-state index in [1.54, 1.807) is 6.92 Å². The average molecular weight is 416 g/mol. The van der Waals surface area contributed by atoms with Gasteiger partial charge in [0.2, 0.25) is 5.91 Å². The molecule has 1 heterocycles. The quantitative estimate of drug-likeness (QED) is 0.617. The topological polar surface area (TPSA) is 37.4 Å². The number of Topliss-reactive ketones (excluding diaryl/α,β-unsaturated/α-hetero) is 1. The Morgan fingerprint density at radius 2 is 1.71 bits per heavy atom. The summed E-state index contributed by atoms with van der Waals surface area (Å²) >= 11 is 12.4. The number of likely N-dealkylation sites (tertiary alicyclic amines) is 1. The lowest BCUT2D eigenvalue weighted by Crippen LogP contribution is -2.51. The van der Waals surface area contributed by atoms with Crippen LogP contribution in [0.3, 0.4) is 0 Å². The summed E-state index contributed by atoms with van der Waals surface area (Å²) in [5.74, 6) is 0.486. The number of halogens is 2. The standard InChI is InChI=1S/C23H23Cl2NO2/c1-14(27)22(15-5-6-15)26-21(28)12-11-20(17-3-2-4-19(25)13-17)23(26)16-7-9-18(24)10-8-16/h2-4,7-10,13,15,20,22-23H,5-6,11-12H2,1H3/t20-,22-,23-/m1/s1. The number of ketones is 1. The smallest absolute Gasteiger partial charge is 0.223 e. The first-order valence-corrected chi connectivity index (χ1v) is 10.5. The van der Waals surface area contributed by atoms with Crippen molar-refractivity contribution >= 4 is 34.9 Å². The van der Waals surface area contributed by atoms with Crippen molar-refractivity contribution in [2.45, 2.75) is 50.6 Å². The molecule has 2 aromatic carbocycles. The molecule has 1 saturated heterocycles. The molecule has 146 valence electrons. The normalized spacial score (nSPS) is 23.5. The minimum absolute atomic E-state index is 0.0605. The van der Waals surface area contributed by atoms with Crippen LogP contribution in [0.15, 0.2) is 48.5 Å². The van der Waals surface area contributed by atoms with Gasteiger partial charge < -0.3 is 4.90 Å². The molecular formula is C23H23Cl2NO2. The van der Waals surface area contributed by atoms with Crippen molar-refractivity contribution in [2.24, 2.45) is 5.92 Å². The first kappa shape index (κ1) is 19.5. The molecule has 3 atom stereocenters. The fourth-order valence-corrected chi connectivity index (χ4v) is 4.87. The summed E-state index contributed by atoms with van der Waals surface area (Å²) in [4.78, 5) is 27.5. The predicted molar refractivity (Wildman–Crippen MR) is 112 cm³/mol. The second-order valence-corrected chi connectivity index (χ2v) is 8.76. The van der Waals surface area contributed by atoms with E-state index in [1.807, 2.05) is 47.4 Å². The van der Waals surface area contributed by atoms with Gasteiger partial charge in [0.05, 0.1) is 12.1 Å². The van der Waals surface area contributed by atoms with Gasteiger partial charge in [-0.15, -0.1) is 0 Å². The molecule has 28 heavy (non-hydrogen) atoms. The number of carbonyl (C=O) groups is 2. The highest BCUT2D eigenvalue weighted by molar-refractivity contribution is 6.30. The van der Waals surface area contributed by atoms with Crippen LogP contribution in [0.5, 0.6) is 0 Å². The van der Waals surface area contributed by atoms with Gasteiger partial charge in [-0.2, -0.15) is 0 Å². The lowest BCUT2D eigenvalue weighted by molar-refractivity contribution is -0.146. The van der Waals surface area contributed by atoms with Gasteiger partial charge >= 0.3 is 0 Å². The number of carbonyl (C=O) groups excluding carboxylic acids is 2. The third kappa shape index (κ3) is 3.83. The van der Waals surface area contributed by atoms with Crippen LogP contribution in [0.1, 0.15) is 55.7 Å². The molecule has 2 fully saturated rings. The van der Waals surface area contributed by atoms with E-state index in [-0.39, 0.29) is 35.6 Å². The number of rotatable bonds is 5. The minimum Gasteiger partial charge on any atom is -0.325 e. The molecule has 2 aliphatic rings. The van der Waals surface area contributed by atoms with Gasteiger partial charge in [0.25, 0.3) is 0 Å². The number of hydrogen-bond acceptors (Lipinski definition) is 2. The second-order valence-electron chi connectivity index (χ2n) is 7.89. The monoisotopic (exact) mass is 415 g/mol. The maximum atomic E-state index is 13.1. The van der Waals surface area contributed by atoms with Crippen molar-refractivity contribution in [3.05, 3.63) is 69.7 Å². The number of nitrogens with zero attached hydrogens (tertiary/aromatic N) is 1. The zero-order valence-corrected chi connectivity index (χ0v) is 17.3. The maximum absolute atomic E-state index is 13.1.